The Labute approximate surface area is 245 Å². The van der Waals surface area contributed by atoms with Gasteiger partial charge in [0.15, 0.2) is 15.7 Å². The summed E-state index contributed by atoms with van der Waals surface area (Å²) in [6.07, 6.45) is 3.03. The van der Waals surface area contributed by atoms with Crippen LogP contribution in [-0.2, 0) is 25.9 Å². The molecule has 10 nitrogen and oxygen atoms in total. The van der Waals surface area contributed by atoms with Crippen molar-refractivity contribution in [3.05, 3.63) is 89.9 Å². The molecule has 0 bridgehead atoms. The maximum atomic E-state index is 15.1. The average molecular weight is 608 g/mol. The largest absolute Gasteiger partial charge is 0.378 e. The zero-order valence-corrected chi connectivity index (χ0v) is 23.9. The number of carbonyl (C=O) groups is 1. The lowest BCUT2D eigenvalue weighted by Crippen LogP contribution is -2.36. The van der Waals surface area contributed by atoms with Crippen molar-refractivity contribution in [3.8, 4) is 11.1 Å². The molecule has 1 N–H and O–H groups in total. The van der Waals surface area contributed by atoms with E-state index in [2.05, 4.69) is 20.4 Å². The van der Waals surface area contributed by atoms with Crippen molar-refractivity contribution in [2.45, 2.75) is 18.4 Å². The zero-order chi connectivity index (χ0) is 30.1. The highest BCUT2D eigenvalue weighted by atomic mass is 32.2. The standard InChI is InChI=1S/C30H27F2N5O5S/c1-19-11-27(35-42-19)34-29(38)18-43(39,40)26-17-37(25-14-23(31)13-24(32)30(25)26)16-20-3-2-4-21(12-20)22-5-6-28(33-15-22)36-7-9-41-10-8-36/h2-6,11-15,17H,7-10,16,18H2,1H3,(H,34,35,38). The lowest BCUT2D eigenvalue weighted by Gasteiger charge is -2.27. The van der Waals surface area contributed by atoms with Gasteiger partial charge in [-0.15, -0.1) is 0 Å². The first-order valence-electron chi connectivity index (χ1n) is 13.5. The molecule has 1 fully saturated rings. The maximum Gasteiger partial charge on any atom is 0.241 e. The van der Waals surface area contributed by atoms with E-state index < -0.39 is 38.0 Å². The van der Waals surface area contributed by atoms with Gasteiger partial charge in [0, 0.05) is 49.7 Å². The Kier molecular flexibility index (Phi) is 7.67. The molecule has 1 aliphatic heterocycles. The third-order valence-electron chi connectivity index (χ3n) is 7.11. The van der Waals surface area contributed by atoms with E-state index in [-0.39, 0.29) is 23.3 Å². The first-order chi connectivity index (χ1) is 20.7. The van der Waals surface area contributed by atoms with Crippen molar-refractivity contribution in [3.63, 3.8) is 0 Å². The Bertz CT molecular complexity index is 1920. The van der Waals surface area contributed by atoms with Gasteiger partial charge in [0.05, 0.1) is 29.0 Å². The van der Waals surface area contributed by atoms with Crippen LogP contribution in [-0.4, -0.2) is 61.1 Å². The highest BCUT2D eigenvalue weighted by Gasteiger charge is 2.27. The van der Waals surface area contributed by atoms with Crippen LogP contribution in [0.15, 0.2) is 76.4 Å². The van der Waals surface area contributed by atoms with Gasteiger partial charge in [0.25, 0.3) is 0 Å². The van der Waals surface area contributed by atoms with Crippen LogP contribution >= 0.6 is 0 Å². The minimum Gasteiger partial charge on any atom is -0.378 e. The highest BCUT2D eigenvalue weighted by Crippen LogP contribution is 2.31. The van der Waals surface area contributed by atoms with Gasteiger partial charge in [-0.3, -0.25) is 4.79 Å². The fourth-order valence-corrected chi connectivity index (χ4v) is 6.48. The number of fused-ring (bicyclic) bond motifs is 1. The van der Waals surface area contributed by atoms with Crippen molar-refractivity contribution in [2.24, 2.45) is 0 Å². The number of anilines is 2. The number of amides is 1. The van der Waals surface area contributed by atoms with Gasteiger partial charge >= 0.3 is 0 Å². The predicted octanol–water partition coefficient (Wildman–Crippen LogP) is 4.58. The molecular weight excluding hydrogens is 580 g/mol. The molecule has 6 rings (SSSR count). The third-order valence-corrected chi connectivity index (χ3v) is 8.73. The van der Waals surface area contributed by atoms with Crippen LogP contribution in [0.1, 0.15) is 11.3 Å². The van der Waals surface area contributed by atoms with Gasteiger partial charge in [-0.05, 0) is 42.3 Å². The molecule has 222 valence electrons. The molecule has 1 saturated heterocycles. The smallest absolute Gasteiger partial charge is 0.241 e. The Morgan fingerprint density at radius 3 is 2.58 bits per heavy atom. The number of hydrogen-bond acceptors (Lipinski definition) is 8. The van der Waals surface area contributed by atoms with Crippen LogP contribution in [0.2, 0.25) is 0 Å². The van der Waals surface area contributed by atoms with Gasteiger partial charge in [-0.2, -0.15) is 0 Å². The summed E-state index contributed by atoms with van der Waals surface area (Å²) in [4.78, 5) is 18.9. The van der Waals surface area contributed by atoms with Crippen LogP contribution in [0.4, 0.5) is 20.4 Å². The molecule has 0 spiro atoms. The number of carbonyl (C=O) groups excluding carboxylic acids is 1. The first kappa shape index (κ1) is 28.5. The number of aryl methyl sites for hydroxylation is 1. The molecule has 2 aromatic carbocycles. The number of sulfone groups is 1. The van der Waals surface area contributed by atoms with E-state index in [9.17, 15) is 17.6 Å². The van der Waals surface area contributed by atoms with E-state index in [0.29, 0.717) is 25.0 Å². The summed E-state index contributed by atoms with van der Waals surface area (Å²) in [6, 6.07) is 14.6. The van der Waals surface area contributed by atoms with Crippen molar-refractivity contribution in [1.29, 1.82) is 0 Å². The molecule has 0 atom stereocenters. The average Bonchev–Trinajstić information content (AvgIpc) is 3.56. The lowest BCUT2D eigenvalue weighted by molar-refractivity contribution is -0.113. The van der Waals surface area contributed by atoms with Crippen LogP contribution < -0.4 is 10.2 Å². The minimum absolute atomic E-state index is 0.0468. The summed E-state index contributed by atoms with van der Waals surface area (Å²) in [7, 11) is -4.34. The molecule has 0 radical (unpaired) electrons. The number of rotatable bonds is 8. The lowest BCUT2D eigenvalue weighted by atomic mass is 10.0. The van der Waals surface area contributed by atoms with Crippen molar-refractivity contribution in [2.75, 3.05) is 42.3 Å². The Hall–Kier alpha value is -4.62. The van der Waals surface area contributed by atoms with Gasteiger partial charge in [0.2, 0.25) is 5.91 Å². The number of ether oxygens (including phenoxy) is 1. The second-order valence-electron chi connectivity index (χ2n) is 10.2. The Morgan fingerprint density at radius 1 is 1.05 bits per heavy atom. The second kappa shape index (κ2) is 11.6. The SMILES string of the molecule is Cc1cc(NC(=O)CS(=O)(=O)c2cn(Cc3cccc(-c4ccc(N5CCOCC5)nc4)c3)c3cc(F)cc(F)c23)no1. The summed E-state index contributed by atoms with van der Waals surface area (Å²) >= 11 is 0. The number of nitrogens with zero attached hydrogens (tertiary/aromatic N) is 4. The molecule has 1 amide bonds. The minimum atomic E-state index is -4.34. The predicted molar refractivity (Wildman–Crippen MR) is 156 cm³/mol. The summed E-state index contributed by atoms with van der Waals surface area (Å²) in [6.45, 7) is 4.60. The maximum absolute atomic E-state index is 15.1. The Morgan fingerprint density at radius 2 is 1.86 bits per heavy atom. The molecule has 4 heterocycles. The fourth-order valence-electron chi connectivity index (χ4n) is 5.11. The van der Waals surface area contributed by atoms with Gasteiger partial charge < -0.3 is 24.0 Å². The normalized spacial score (nSPS) is 13.9. The number of hydrogen-bond donors (Lipinski definition) is 1. The van der Waals surface area contributed by atoms with Gasteiger partial charge in [0.1, 0.15) is 29.0 Å². The number of morpholine rings is 1. The van der Waals surface area contributed by atoms with Crippen molar-refractivity contribution in [1.82, 2.24) is 14.7 Å². The molecule has 3 aromatic heterocycles. The summed E-state index contributed by atoms with van der Waals surface area (Å²) in [5.74, 6) is -2.40. The molecule has 13 heteroatoms. The number of benzene rings is 2. The number of halogens is 2. The quantitative estimate of drug-likeness (QED) is 0.272. The first-order valence-corrected chi connectivity index (χ1v) is 15.1. The van der Waals surface area contributed by atoms with E-state index >= 15 is 4.39 Å². The van der Waals surface area contributed by atoms with Crippen LogP contribution in [0.25, 0.3) is 22.0 Å². The van der Waals surface area contributed by atoms with E-state index in [4.69, 9.17) is 9.26 Å². The molecule has 5 aromatic rings. The molecule has 0 aliphatic carbocycles. The van der Waals surface area contributed by atoms with Gasteiger partial charge in [-0.1, -0.05) is 23.4 Å². The van der Waals surface area contributed by atoms with E-state index in [1.165, 1.54) is 16.8 Å². The zero-order valence-electron chi connectivity index (χ0n) is 23.1. The summed E-state index contributed by atoms with van der Waals surface area (Å²) in [5.41, 5.74) is 2.56. The number of aromatic nitrogens is 3. The van der Waals surface area contributed by atoms with E-state index in [1.807, 2.05) is 36.4 Å². The molecular formula is C30H27F2N5O5S. The number of pyridine rings is 1. The van der Waals surface area contributed by atoms with E-state index in [1.54, 1.807) is 13.1 Å². The highest BCUT2D eigenvalue weighted by molar-refractivity contribution is 7.92. The second-order valence-corrected chi connectivity index (χ2v) is 12.2. The van der Waals surface area contributed by atoms with Gasteiger partial charge in [-0.25, -0.2) is 22.2 Å². The summed E-state index contributed by atoms with van der Waals surface area (Å²) in [5, 5.41) is 5.69. The van der Waals surface area contributed by atoms with Crippen molar-refractivity contribution < 1.29 is 31.3 Å². The van der Waals surface area contributed by atoms with E-state index in [0.717, 1.165) is 41.7 Å². The molecule has 0 saturated carbocycles. The third kappa shape index (κ3) is 6.13. The van der Waals surface area contributed by atoms with Crippen molar-refractivity contribution >= 4 is 38.3 Å². The van der Waals surface area contributed by atoms with Crippen LogP contribution in [0.3, 0.4) is 0 Å². The Balaban J connectivity index is 1.28. The molecule has 43 heavy (non-hydrogen) atoms. The number of nitrogens with one attached hydrogen (secondary N) is 1. The fraction of sp³-hybridized carbons (Fsp3) is 0.233. The molecule has 0 unspecified atom stereocenters. The van der Waals surface area contributed by atoms with Crippen LogP contribution in [0, 0.1) is 18.6 Å². The summed E-state index contributed by atoms with van der Waals surface area (Å²) < 4.78 is 67.8. The monoisotopic (exact) mass is 607 g/mol. The molecule has 1 aliphatic rings. The van der Waals surface area contributed by atoms with Crippen LogP contribution in [0.5, 0.6) is 0 Å². The topological polar surface area (TPSA) is 120 Å².